The van der Waals surface area contributed by atoms with Crippen LogP contribution in [0.1, 0.15) is 11.1 Å². The van der Waals surface area contributed by atoms with E-state index in [0.29, 0.717) is 22.2 Å². The van der Waals surface area contributed by atoms with Gasteiger partial charge in [-0.1, -0.05) is 35.5 Å². The van der Waals surface area contributed by atoms with Crippen molar-refractivity contribution >= 4 is 23.4 Å². The summed E-state index contributed by atoms with van der Waals surface area (Å²) in [4.78, 5) is 8.51. The summed E-state index contributed by atoms with van der Waals surface area (Å²) in [6.07, 6.45) is 0. The van der Waals surface area contributed by atoms with Crippen LogP contribution >= 0.6 is 23.4 Å². The normalized spacial score (nSPS) is 10.5. The quantitative estimate of drug-likeness (QED) is 0.356. The van der Waals surface area contributed by atoms with Crippen LogP contribution in [0, 0.1) is 23.0 Å². The van der Waals surface area contributed by atoms with Gasteiger partial charge in [-0.25, -0.2) is 18.7 Å². The van der Waals surface area contributed by atoms with Crippen molar-refractivity contribution in [2.24, 2.45) is 0 Å². The lowest BCUT2D eigenvalue weighted by atomic mass is 10.1. The van der Waals surface area contributed by atoms with Gasteiger partial charge in [-0.2, -0.15) is 5.26 Å². The van der Waals surface area contributed by atoms with Gasteiger partial charge in [0.1, 0.15) is 23.3 Å². The summed E-state index contributed by atoms with van der Waals surface area (Å²) in [5.41, 5.74) is 1.97. The number of hydrogen-bond donors (Lipinski definition) is 0. The van der Waals surface area contributed by atoms with Gasteiger partial charge >= 0.3 is 0 Å². The van der Waals surface area contributed by atoms with Crippen molar-refractivity contribution in [3.63, 3.8) is 0 Å². The summed E-state index contributed by atoms with van der Waals surface area (Å²) in [6.45, 7) is 0. The molecule has 0 bridgehead atoms. The van der Waals surface area contributed by atoms with Gasteiger partial charge in [-0.3, -0.25) is 0 Å². The van der Waals surface area contributed by atoms with E-state index in [2.05, 4.69) is 9.97 Å². The van der Waals surface area contributed by atoms with Crippen molar-refractivity contribution < 1.29 is 8.78 Å². The van der Waals surface area contributed by atoms with Crippen LogP contribution in [-0.2, 0) is 5.75 Å². The summed E-state index contributed by atoms with van der Waals surface area (Å²) < 4.78 is 26.1. The standard InChI is InChI=1S/C18H10ClF2N3S/c19-17-15(9-22)16(12-3-7-14(21)8-4-12)23-18(24-17)25-10-11-1-5-13(20)6-2-11/h1-8H,10H2. The van der Waals surface area contributed by atoms with Crippen LogP contribution in [0.4, 0.5) is 8.78 Å². The van der Waals surface area contributed by atoms with Gasteiger partial charge < -0.3 is 0 Å². The minimum absolute atomic E-state index is 0.0402. The first-order valence-electron chi connectivity index (χ1n) is 7.17. The topological polar surface area (TPSA) is 49.6 Å². The van der Waals surface area contributed by atoms with Crippen LogP contribution in [0.5, 0.6) is 0 Å². The van der Waals surface area contributed by atoms with E-state index in [4.69, 9.17) is 11.6 Å². The Kier molecular flexibility index (Phi) is 5.27. The highest BCUT2D eigenvalue weighted by atomic mass is 35.5. The molecule has 0 amide bonds. The molecule has 25 heavy (non-hydrogen) atoms. The SMILES string of the molecule is N#Cc1c(Cl)nc(SCc2ccc(F)cc2)nc1-c1ccc(F)cc1. The van der Waals surface area contributed by atoms with Gasteiger partial charge in [-0.05, 0) is 42.0 Å². The first-order valence-corrected chi connectivity index (χ1v) is 8.54. The second-order valence-corrected chi connectivity index (χ2v) is 6.35. The molecule has 1 aromatic heterocycles. The maximum atomic E-state index is 13.1. The van der Waals surface area contributed by atoms with Crippen molar-refractivity contribution in [1.82, 2.24) is 9.97 Å². The van der Waals surface area contributed by atoms with Crippen LogP contribution in [0.2, 0.25) is 5.15 Å². The number of nitriles is 1. The molecule has 0 saturated carbocycles. The van der Waals surface area contributed by atoms with E-state index < -0.39 is 0 Å². The minimum atomic E-state index is -0.381. The largest absolute Gasteiger partial charge is 0.221 e. The van der Waals surface area contributed by atoms with E-state index in [1.54, 1.807) is 12.1 Å². The summed E-state index contributed by atoms with van der Waals surface area (Å²) in [5, 5.41) is 9.73. The molecule has 7 heteroatoms. The maximum absolute atomic E-state index is 13.1. The van der Waals surface area contributed by atoms with E-state index in [9.17, 15) is 14.0 Å². The van der Waals surface area contributed by atoms with Gasteiger partial charge in [0.25, 0.3) is 0 Å². The van der Waals surface area contributed by atoms with Crippen LogP contribution in [-0.4, -0.2) is 9.97 Å². The van der Waals surface area contributed by atoms with E-state index in [-0.39, 0.29) is 22.4 Å². The van der Waals surface area contributed by atoms with E-state index in [1.165, 1.54) is 48.2 Å². The second kappa shape index (κ2) is 7.60. The lowest BCUT2D eigenvalue weighted by Gasteiger charge is -2.08. The molecule has 0 fully saturated rings. The van der Waals surface area contributed by atoms with Crippen molar-refractivity contribution in [3.05, 3.63) is 76.4 Å². The molecule has 3 rings (SSSR count). The average molecular weight is 374 g/mol. The number of rotatable bonds is 4. The molecule has 1 heterocycles. The first-order chi connectivity index (χ1) is 12.1. The fraction of sp³-hybridized carbons (Fsp3) is 0.0556. The van der Waals surface area contributed by atoms with Gasteiger partial charge in [0.15, 0.2) is 10.3 Å². The Balaban J connectivity index is 1.91. The predicted octanol–water partition coefficient (Wildman–Crippen LogP) is 5.24. The number of hydrogen-bond acceptors (Lipinski definition) is 4. The first kappa shape index (κ1) is 17.3. The number of aromatic nitrogens is 2. The smallest absolute Gasteiger partial charge is 0.189 e. The lowest BCUT2D eigenvalue weighted by Crippen LogP contribution is -1.97. The van der Waals surface area contributed by atoms with Gasteiger partial charge in [0.05, 0.1) is 5.69 Å². The zero-order chi connectivity index (χ0) is 17.8. The molecule has 0 aliphatic heterocycles. The molecule has 0 aliphatic rings. The lowest BCUT2D eigenvalue weighted by molar-refractivity contribution is 0.627. The average Bonchev–Trinajstić information content (AvgIpc) is 2.61. The molecule has 0 radical (unpaired) electrons. The Hall–Kier alpha value is -2.49. The summed E-state index contributed by atoms with van der Waals surface area (Å²) in [7, 11) is 0. The number of nitrogens with zero attached hydrogens (tertiary/aromatic N) is 3. The zero-order valence-electron chi connectivity index (χ0n) is 12.7. The van der Waals surface area contributed by atoms with E-state index in [0.717, 1.165) is 5.56 Å². The predicted molar refractivity (Wildman–Crippen MR) is 93.1 cm³/mol. The Morgan fingerprint density at radius 2 is 1.56 bits per heavy atom. The van der Waals surface area contributed by atoms with Gasteiger partial charge in [0, 0.05) is 11.3 Å². The third-order valence-corrected chi connectivity index (χ3v) is 4.55. The van der Waals surface area contributed by atoms with Crippen LogP contribution < -0.4 is 0 Å². The Bertz CT molecular complexity index is 938. The molecule has 0 N–H and O–H groups in total. The molecule has 3 aromatic rings. The molecule has 3 nitrogen and oxygen atoms in total. The van der Waals surface area contributed by atoms with Gasteiger partial charge in [0.2, 0.25) is 0 Å². The fourth-order valence-electron chi connectivity index (χ4n) is 2.12. The number of halogens is 3. The van der Waals surface area contributed by atoms with Crippen molar-refractivity contribution in [2.45, 2.75) is 10.9 Å². The highest BCUT2D eigenvalue weighted by molar-refractivity contribution is 7.98. The van der Waals surface area contributed by atoms with Crippen LogP contribution in [0.3, 0.4) is 0 Å². The Labute approximate surface area is 152 Å². The van der Waals surface area contributed by atoms with Crippen molar-refractivity contribution in [1.29, 1.82) is 5.26 Å². The monoisotopic (exact) mass is 373 g/mol. The zero-order valence-corrected chi connectivity index (χ0v) is 14.3. The Morgan fingerprint density at radius 1 is 0.960 bits per heavy atom. The number of benzene rings is 2. The van der Waals surface area contributed by atoms with Crippen LogP contribution in [0.25, 0.3) is 11.3 Å². The minimum Gasteiger partial charge on any atom is -0.221 e. The summed E-state index contributed by atoms with van der Waals surface area (Å²) in [5.74, 6) is -0.163. The molecular formula is C18H10ClF2N3S. The molecule has 0 aliphatic carbocycles. The second-order valence-electron chi connectivity index (χ2n) is 5.05. The van der Waals surface area contributed by atoms with Gasteiger partial charge in [-0.15, -0.1) is 0 Å². The molecule has 0 saturated heterocycles. The number of thioether (sulfide) groups is 1. The fourth-order valence-corrected chi connectivity index (χ4v) is 3.18. The molecule has 0 unspecified atom stereocenters. The molecule has 0 spiro atoms. The Morgan fingerprint density at radius 3 is 2.16 bits per heavy atom. The van der Waals surface area contributed by atoms with Crippen LogP contribution in [0.15, 0.2) is 53.7 Å². The summed E-state index contributed by atoms with van der Waals surface area (Å²) >= 11 is 7.42. The molecule has 0 atom stereocenters. The third-order valence-electron chi connectivity index (χ3n) is 3.36. The molecular weight excluding hydrogens is 364 g/mol. The molecule has 124 valence electrons. The van der Waals surface area contributed by atoms with Crippen molar-refractivity contribution in [2.75, 3.05) is 0 Å². The van der Waals surface area contributed by atoms with Crippen molar-refractivity contribution in [3.8, 4) is 17.3 Å². The third kappa shape index (κ3) is 4.13. The summed E-state index contributed by atoms with van der Waals surface area (Å²) in [6, 6.07) is 13.7. The molecule has 2 aromatic carbocycles. The van der Waals surface area contributed by atoms with E-state index in [1.807, 2.05) is 6.07 Å². The highest BCUT2D eigenvalue weighted by Gasteiger charge is 2.15. The highest BCUT2D eigenvalue weighted by Crippen LogP contribution is 2.30. The van der Waals surface area contributed by atoms with E-state index >= 15 is 0 Å². The maximum Gasteiger partial charge on any atom is 0.189 e.